The number of alkyl halides is 1. The number of ketones is 1. The summed E-state index contributed by atoms with van der Waals surface area (Å²) in [7, 11) is 1.70. The summed E-state index contributed by atoms with van der Waals surface area (Å²) in [6.07, 6.45) is 0. The lowest BCUT2D eigenvalue weighted by Crippen LogP contribution is -2.20. The molecule has 0 aliphatic rings. The number of halogens is 1. The lowest BCUT2D eigenvalue weighted by molar-refractivity contribution is 0.102. The van der Waals surface area contributed by atoms with Gasteiger partial charge < -0.3 is 4.74 Å². The number of carbonyl (C=O) groups is 1. The molecule has 0 spiro atoms. The van der Waals surface area contributed by atoms with Gasteiger partial charge in [-0.05, 0) is 23.0 Å². The third-order valence-corrected chi connectivity index (χ3v) is 3.86. The van der Waals surface area contributed by atoms with E-state index in [0.29, 0.717) is 5.33 Å². The van der Waals surface area contributed by atoms with Gasteiger partial charge in [-0.2, -0.15) is 0 Å². The predicted molar refractivity (Wildman–Crippen MR) is 107 cm³/mol. The second-order valence-corrected chi connectivity index (χ2v) is 7.72. The fourth-order valence-electron chi connectivity index (χ4n) is 2.20. The van der Waals surface area contributed by atoms with Crippen LogP contribution in [0.15, 0.2) is 12.1 Å². The molecule has 0 amide bonds. The Bertz CT molecular complexity index is 470. The molecule has 0 aliphatic heterocycles. The summed E-state index contributed by atoms with van der Waals surface area (Å²) < 4.78 is 5.67. The van der Waals surface area contributed by atoms with Crippen molar-refractivity contribution in [2.75, 3.05) is 12.4 Å². The Hall–Kier alpha value is -0.830. The van der Waals surface area contributed by atoms with Crippen LogP contribution < -0.4 is 4.74 Å². The van der Waals surface area contributed by atoms with Crippen molar-refractivity contribution >= 4 is 21.7 Å². The van der Waals surface area contributed by atoms with Gasteiger partial charge in [0.15, 0.2) is 5.78 Å². The Morgan fingerprint density at radius 1 is 1.00 bits per heavy atom. The van der Waals surface area contributed by atoms with Crippen molar-refractivity contribution in [1.29, 1.82) is 0 Å². The molecule has 0 unspecified atom stereocenters. The Kier molecular flexibility index (Phi) is 10.0. The number of hydrogen-bond acceptors (Lipinski definition) is 2. The third-order valence-electron chi connectivity index (χ3n) is 3.35. The van der Waals surface area contributed by atoms with Gasteiger partial charge in [0, 0.05) is 16.7 Å². The molecule has 0 atom stereocenters. The van der Waals surface area contributed by atoms with Gasteiger partial charge in [-0.15, -0.1) is 0 Å². The molecular weight excluding hydrogens is 352 g/mol. The monoisotopic (exact) mass is 386 g/mol. The van der Waals surface area contributed by atoms with Gasteiger partial charge in [-0.3, -0.25) is 4.79 Å². The number of benzene rings is 1. The normalized spacial score (nSPS) is 11.0. The summed E-state index contributed by atoms with van der Waals surface area (Å²) in [5, 5.41) is 0.340. The van der Waals surface area contributed by atoms with Gasteiger partial charge in [-0.1, -0.05) is 78.7 Å². The minimum absolute atomic E-state index is 0. The fraction of sp³-hybridized carbons (Fsp3) is 0.650. The zero-order valence-electron chi connectivity index (χ0n) is 15.6. The minimum Gasteiger partial charge on any atom is -0.496 e. The van der Waals surface area contributed by atoms with Crippen molar-refractivity contribution in [3.8, 4) is 5.75 Å². The molecule has 0 N–H and O–H groups in total. The highest BCUT2D eigenvalue weighted by Crippen LogP contribution is 2.40. The Morgan fingerprint density at radius 3 is 1.57 bits per heavy atom. The quantitative estimate of drug-likeness (QED) is 0.435. The Morgan fingerprint density at radius 2 is 1.35 bits per heavy atom. The van der Waals surface area contributed by atoms with Gasteiger partial charge in [-0.25, -0.2) is 0 Å². The van der Waals surface area contributed by atoms with Crippen LogP contribution in [0.25, 0.3) is 0 Å². The first-order valence-electron chi connectivity index (χ1n) is 7.84. The largest absolute Gasteiger partial charge is 0.496 e. The molecule has 0 saturated heterocycles. The van der Waals surface area contributed by atoms with E-state index in [0.717, 1.165) is 22.4 Å². The third kappa shape index (κ3) is 6.29. The van der Waals surface area contributed by atoms with Crippen LogP contribution in [0.4, 0.5) is 0 Å². The van der Waals surface area contributed by atoms with Crippen molar-refractivity contribution in [3.05, 3.63) is 28.8 Å². The van der Waals surface area contributed by atoms with Gasteiger partial charge in [0.05, 0.1) is 12.4 Å². The van der Waals surface area contributed by atoms with Crippen LogP contribution in [-0.2, 0) is 10.8 Å². The molecule has 1 aromatic rings. The van der Waals surface area contributed by atoms with E-state index in [1.165, 1.54) is 0 Å². The molecule has 1 rings (SSSR count). The van der Waals surface area contributed by atoms with E-state index in [2.05, 4.69) is 57.5 Å². The molecule has 23 heavy (non-hydrogen) atoms. The topological polar surface area (TPSA) is 26.3 Å². The number of carbonyl (C=O) groups excluding carboxylic acids is 1. The zero-order valence-corrected chi connectivity index (χ0v) is 17.1. The van der Waals surface area contributed by atoms with E-state index >= 15 is 0 Å². The SMILES string of the molecule is C.CC.COc1c(C(C)(C)C)cc(C(=O)CBr)cc1C(C)(C)C. The number of methoxy groups -OCH3 is 1. The first-order chi connectivity index (χ1) is 10.0. The van der Waals surface area contributed by atoms with Gasteiger partial charge >= 0.3 is 0 Å². The van der Waals surface area contributed by atoms with E-state index in [4.69, 9.17) is 4.74 Å². The molecule has 0 aromatic heterocycles. The van der Waals surface area contributed by atoms with Crippen molar-refractivity contribution in [3.63, 3.8) is 0 Å². The second-order valence-electron chi connectivity index (χ2n) is 7.16. The summed E-state index contributed by atoms with van der Waals surface area (Å²) in [5.74, 6) is 1.000. The standard InChI is InChI=1S/C17H25BrO2.C2H6.CH4/c1-16(2,3)12-8-11(14(19)10-18)9-13(15(12)20-7)17(4,5)6;1-2;/h8-9H,10H2,1-7H3;1-2H3;1H4. The summed E-state index contributed by atoms with van der Waals surface area (Å²) in [6.45, 7) is 16.8. The van der Waals surface area contributed by atoms with Crippen LogP contribution in [0.5, 0.6) is 5.75 Å². The molecule has 0 aliphatic carbocycles. The van der Waals surface area contributed by atoms with Crippen molar-refractivity contribution in [2.45, 2.75) is 73.6 Å². The summed E-state index contributed by atoms with van der Waals surface area (Å²) in [5.41, 5.74) is 2.76. The maximum atomic E-state index is 12.1. The number of hydrogen-bond donors (Lipinski definition) is 0. The molecule has 0 fully saturated rings. The van der Waals surface area contributed by atoms with Crippen molar-refractivity contribution in [1.82, 2.24) is 0 Å². The predicted octanol–water partition coefficient (Wildman–Crippen LogP) is 6.53. The molecule has 0 heterocycles. The maximum Gasteiger partial charge on any atom is 0.173 e. The lowest BCUT2D eigenvalue weighted by Gasteiger charge is -2.29. The van der Waals surface area contributed by atoms with Crippen LogP contribution in [0, 0.1) is 0 Å². The number of Topliss-reactive ketones (excluding diaryl/α,β-unsaturated/α-hetero) is 1. The summed E-state index contributed by atoms with van der Waals surface area (Å²) in [4.78, 5) is 12.1. The highest BCUT2D eigenvalue weighted by Gasteiger charge is 2.28. The molecule has 0 saturated carbocycles. The molecule has 3 heteroatoms. The zero-order chi connectivity index (χ0) is 17.7. The lowest BCUT2D eigenvalue weighted by atomic mass is 9.78. The van der Waals surface area contributed by atoms with Gasteiger partial charge in [0.25, 0.3) is 0 Å². The van der Waals surface area contributed by atoms with Crippen LogP contribution >= 0.6 is 15.9 Å². The van der Waals surface area contributed by atoms with E-state index in [-0.39, 0.29) is 24.0 Å². The van der Waals surface area contributed by atoms with Crippen LogP contribution in [0.2, 0.25) is 0 Å². The highest BCUT2D eigenvalue weighted by atomic mass is 79.9. The highest BCUT2D eigenvalue weighted by molar-refractivity contribution is 9.09. The van der Waals surface area contributed by atoms with E-state index < -0.39 is 0 Å². The first kappa shape index (κ1) is 24.4. The molecule has 0 radical (unpaired) electrons. The van der Waals surface area contributed by atoms with Gasteiger partial charge in [0.2, 0.25) is 0 Å². The minimum atomic E-state index is -0.0755. The second kappa shape index (κ2) is 9.46. The average molecular weight is 387 g/mol. The van der Waals surface area contributed by atoms with Crippen LogP contribution in [0.1, 0.15) is 84.3 Å². The average Bonchev–Trinajstić information content (AvgIpc) is 2.45. The molecular formula is C20H35BrO2. The van der Waals surface area contributed by atoms with Gasteiger partial charge in [0.1, 0.15) is 5.75 Å². The summed E-state index contributed by atoms with van der Waals surface area (Å²) in [6, 6.07) is 3.94. The summed E-state index contributed by atoms with van der Waals surface area (Å²) >= 11 is 3.26. The Balaban J connectivity index is 0. The molecule has 0 bridgehead atoms. The van der Waals surface area contributed by atoms with E-state index in [1.807, 2.05) is 26.0 Å². The van der Waals surface area contributed by atoms with Crippen LogP contribution in [0.3, 0.4) is 0 Å². The fourth-order valence-corrected chi connectivity index (χ4v) is 2.52. The molecule has 2 nitrogen and oxygen atoms in total. The van der Waals surface area contributed by atoms with Crippen molar-refractivity contribution < 1.29 is 9.53 Å². The molecule has 134 valence electrons. The van der Waals surface area contributed by atoms with E-state index in [9.17, 15) is 4.79 Å². The maximum absolute atomic E-state index is 12.1. The van der Waals surface area contributed by atoms with Crippen LogP contribution in [-0.4, -0.2) is 18.2 Å². The first-order valence-corrected chi connectivity index (χ1v) is 8.96. The van der Waals surface area contributed by atoms with Crippen molar-refractivity contribution in [2.24, 2.45) is 0 Å². The Labute approximate surface area is 152 Å². The van der Waals surface area contributed by atoms with E-state index in [1.54, 1.807) is 7.11 Å². The smallest absolute Gasteiger partial charge is 0.173 e. The molecule has 1 aromatic carbocycles. The number of rotatable bonds is 3. The number of ether oxygens (including phenoxy) is 1.